The Morgan fingerprint density at radius 3 is 2.97 bits per heavy atom. The highest BCUT2D eigenvalue weighted by atomic mass is 16.5. The maximum Gasteiger partial charge on any atom is 0.317 e. The molecule has 0 unspecified atom stereocenters. The van der Waals surface area contributed by atoms with Gasteiger partial charge in [-0.25, -0.2) is 4.79 Å². The number of amides is 2. The van der Waals surface area contributed by atoms with E-state index in [0.717, 1.165) is 47.2 Å². The molecular weight excluding hydrogens is 370 g/mol. The predicted octanol–water partition coefficient (Wildman–Crippen LogP) is 3.71. The fourth-order valence-corrected chi connectivity index (χ4v) is 4.28. The maximum absolute atomic E-state index is 12.7. The summed E-state index contributed by atoms with van der Waals surface area (Å²) in [6.07, 6.45) is 10.3. The second-order valence-electron chi connectivity index (χ2n) is 7.76. The van der Waals surface area contributed by atoms with E-state index in [4.69, 9.17) is 8.94 Å². The summed E-state index contributed by atoms with van der Waals surface area (Å²) < 4.78 is 10.5. The van der Waals surface area contributed by atoms with Crippen molar-refractivity contribution in [1.29, 1.82) is 0 Å². The standard InChI is InChI=1S/C21H23N5O3/c1-13-18(19-24-20(29-25-19)14-7-9-28-12-14)17-6-8-26(11-15(17)10-22-13)21(27)23-16-4-2-3-5-16/h7,9-10,12,16H,2-6,8,11H2,1H3,(H,23,27). The van der Waals surface area contributed by atoms with Gasteiger partial charge < -0.3 is 19.2 Å². The summed E-state index contributed by atoms with van der Waals surface area (Å²) >= 11 is 0. The van der Waals surface area contributed by atoms with Crippen molar-refractivity contribution in [3.8, 4) is 22.8 Å². The van der Waals surface area contributed by atoms with E-state index < -0.39 is 0 Å². The SMILES string of the molecule is Cc1ncc2c(c1-c1noc(-c3ccoc3)n1)CCN(C(=O)NC1CCCC1)C2. The lowest BCUT2D eigenvalue weighted by Gasteiger charge is -2.31. The molecule has 150 valence electrons. The molecule has 2 aliphatic rings. The smallest absolute Gasteiger partial charge is 0.317 e. The Hall–Kier alpha value is -3.16. The molecule has 0 aromatic carbocycles. The molecule has 1 aliphatic carbocycles. The van der Waals surface area contributed by atoms with Crippen molar-refractivity contribution in [2.24, 2.45) is 0 Å². The van der Waals surface area contributed by atoms with E-state index in [2.05, 4.69) is 20.4 Å². The normalized spacial score (nSPS) is 16.8. The van der Waals surface area contributed by atoms with E-state index in [-0.39, 0.29) is 6.03 Å². The average Bonchev–Trinajstić information content (AvgIpc) is 3.49. The highest BCUT2D eigenvalue weighted by molar-refractivity contribution is 5.75. The highest BCUT2D eigenvalue weighted by Gasteiger charge is 2.28. The summed E-state index contributed by atoms with van der Waals surface area (Å²) in [5.41, 5.74) is 4.67. The summed E-state index contributed by atoms with van der Waals surface area (Å²) in [5.74, 6) is 0.936. The van der Waals surface area contributed by atoms with Crippen LogP contribution in [-0.4, -0.2) is 38.6 Å². The number of furan rings is 1. The maximum atomic E-state index is 12.7. The van der Waals surface area contributed by atoms with Gasteiger partial charge in [0.1, 0.15) is 6.26 Å². The number of fused-ring (bicyclic) bond motifs is 1. The molecule has 29 heavy (non-hydrogen) atoms. The molecule has 5 rings (SSSR count). The summed E-state index contributed by atoms with van der Waals surface area (Å²) in [7, 11) is 0. The number of urea groups is 1. The molecule has 1 fully saturated rings. The largest absolute Gasteiger partial charge is 0.472 e. The Bertz CT molecular complexity index is 1020. The number of pyridine rings is 1. The van der Waals surface area contributed by atoms with Gasteiger partial charge in [0.2, 0.25) is 5.82 Å². The molecule has 4 heterocycles. The Morgan fingerprint density at radius 2 is 2.17 bits per heavy atom. The van der Waals surface area contributed by atoms with Crippen molar-refractivity contribution < 1.29 is 13.7 Å². The topological polar surface area (TPSA) is 97.3 Å². The van der Waals surface area contributed by atoms with Crippen LogP contribution in [0.5, 0.6) is 0 Å². The Labute approximate surface area is 168 Å². The summed E-state index contributed by atoms with van der Waals surface area (Å²) in [5, 5.41) is 7.35. The van der Waals surface area contributed by atoms with Gasteiger partial charge in [-0.2, -0.15) is 4.98 Å². The van der Waals surface area contributed by atoms with Gasteiger partial charge >= 0.3 is 6.03 Å². The number of aromatic nitrogens is 3. The van der Waals surface area contributed by atoms with Crippen LogP contribution in [0.25, 0.3) is 22.8 Å². The first kappa shape index (κ1) is 17.9. The van der Waals surface area contributed by atoms with E-state index in [1.807, 2.05) is 18.0 Å². The van der Waals surface area contributed by atoms with Crippen LogP contribution >= 0.6 is 0 Å². The first-order valence-electron chi connectivity index (χ1n) is 10.1. The monoisotopic (exact) mass is 393 g/mol. The molecule has 0 spiro atoms. The second-order valence-corrected chi connectivity index (χ2v) is 7.76. The van der Waals surface area contributed by atoms with Crippen molar-refractivity contribution in [2.45, 2.75) is 51.6 Å². The summed E-state index contributed by atoms with van der Waals surface area (Å²) in [6.45, 7) is 3.15. The van der Waals surface area contributed by atoms with Crippen molar-refractivity contribution in [1.82, 2.24) is 25.3 Å². The van der Waals surface area contributed by atoms with Gasteiger partial charge in [0.05, 0.1) is 11.8 Å². The average molecular weight is 393 g/mol. The molecule has 8 nitrogen and oxygen atoms in total. The number of hydrogen-bond acceptors (Lipinski definition) is 6. The molecule has 1 saturated carbocycles. The van der Waals surface area contributed by atoms with Crippen molar-refractivity contribution >= 4 is 6.03 Å². The van der Waals surface area contributed by atoms with Crippen molar-refractivity contribution in [3.63, 3.8) is 0 Å². The molecule has 0 bridgehead atoms. The zero-order valence-corrected chi connectivity index (χ0v) is 16.4. The Balaban J connectivity index is 1.40. The van der Waals surface area contributed by atoms with E-state index in [9.17, 15) is 4.79 Å². The molecule has 0 radical (unpaired) electrons. The summed E-state index contributed by atoms with van der Waals surface area (Å²) in [6, 6.07) is 2.12. The van der Waals surface area contributed by atoms with Crippen LogP contribution in [0.3, 0.4) is 0 Å². The first-order chi connectivity index (χ1) is 14.2. The lowest BCUT2D eigenvalue weighted by molar-refractivity contribution is 0.188. The number of carbonyl (C=O) groups excluding carboxylic acids is 1. The minimum absolute atomic E-state index is 0.0199. The number of aryl methyl sites for hydroxylation is 1. The Morgan fingerprint density at radius 1 is 1.31 bits per heavy atom. The fourth-order valence-electron chi connectivity index (χ4n) is 4.28. The molecule has 1 aliphatic heterocycles. The van der Waals surface area contributed by atoms with Gasteiger partial charge in [-0.05, 0) is 43.4 Å². The van der Waals surface area contributed by atoms with Crippen LogP contribution in [0.15, 0.2) is 33.7 Å². The van der Waals surface area contributed by atoms with Crippen LogP contribution in [0.1, 0.15) is 42.5 Å². The van der Waals surface area contributed by atoms with Crippen LogP contribution < -0.4 is 5.32 Å². The van der Waals surface area contributed by atoms with E-state index in [0.29, 0.717) is 30.8 Å². The number of carbonyl (C=O) groups is 1. The molecule has 2 amide bonds. The summed E-state index contributed by atoms with van der Waals surface area (Å²) in [4.78, 5) is 23.6. The zero-order valence-electron chi connectivity index (χ0n) is 16.4. The minimum atomic E-state index is 0.0199. The molecular formula is C21H23N5O3. The van der Waals surface area contributed by atoms with Gasteiger partial charge in [0.15, 0.2) is 0 Å². The van der Waals surface area contributed by atoms with Crippen LogP contribution in [0.2, 0.25) is 0 Å². The predicted molar refractivity (Wildman–Crippen MR) is 105 cm³/mol. The van der Waals surface area contributed by atoms with E-state index in [1.165, 1.54) is 12.8 Å². The third kappa shape index (κ3) is 3.39. The van der Waals surface area contributed by atoms with E-state index >= 15 is 0 Å². The molecule has 3 aromatic rings. The third-order valence-electron chi connectivity index (χ3n) is 5.85. The zero-order chi connectivity index (χ0) is 19.8. The lowest BCUT2D eigenvalue weighted by atomic mass is 9.94. The van der Waals surface area contributed by atoms with Gasteiger partial charge in [0, 0.05) is 36.6 Å². The molecule has 8 heteroatoms. The van der Waals surface area contributed by atoms with E-state index in [1.54, 1.807) is 18.6 Å². The van der Waals surface area contributed by atoms with Crippen LogP contribution in [0, 0.1) is 6.92 Å². The van der Waals surface area contributed by atoms with Crippen LogP contribution in [0.4, 0.5) is 4.79 Å². The number of rotatable bonds is 3. The molecule has 0 atom stereocenters. The molecule has 3 aromatic heterocycles. The second kappa shape index (κ2) is 7.35. The van der Waals surface area contributed by atoms with Crippen LogP contribution in [-0.2, 0) is 13.0 Å². The number of nitrogens with zero attached hydrogens (tertiary/aromatic N) is 4. The van der Waals surface area contributed by atoms with Gasteiger partial charge in [-0.3, -0.25) is 4.98 Å². The first-order valence-corrected chi connectivity index (χ1v) is 10.1. The lowest BCUT2D eigenvalue weighted by Crippen LogP contribution is -2.46. The van der Waals surface area contributed by atoms with Crippen molar-refractivity contribution in [2.75, 3.05) is 6.54 Å². The highest BCUT2D eigenvalue weighted by Crippen LogP contribution is 2.32. The molecule has 0 saturated heterocycles. The van der Waals surface area contributed by atoms with Crippen molar-refractivity contribution in [3.05, 3.63) is 41.6 Å². The number of hydrogen-bond donors (Lipinski definition) is 1. The quantitative estimate of drug-likeness (QED) is 0.728. The van der Waals surface area contributed by atoms with Gasteiger partial charge in [0.25, 0.3) is 5.89 Å². The van der Waals surface area contributed by atoms with Gasteiger partial charge in [-0.1, -0.05) is 18.0 Å². The minimum Gasteiger partial charge on any atom is -0.472 e. The third-order valence-corrected chi connectivity index (χ3v) is 5.85. The number of nitrogens with one attached hydrogen (secondary N) is 1. The Kier molecular flexibility index (Phi) is 4.54. The molecule has 1 N–H and O–H groups in total. The van der Waals surface area contributed by atoms with Gasteiger partial charge in [-0.15, -0.1) is 0 Å². The fraction of sp³-hybridized carbons (Fsp3) is 0.429.